The van der Waals surface area contributed by atoms with Gasteiger partial charge in [0.1, 0.15) is 12.4 Å². The summed E-state index contributed by atoms with van der Waals surface area (Å²) >= 11 is 0. The topological polar surface area (TPSA) is 101 Å². The summed E-state index contributed by atoms with van der Waals surface area (Å²) in [5, 5.41) is 11.3. The van der Waals surface area contributed by atoms with Crippen LogP contribution in [0.15, 0.2) is 18.7 Å². The number of amides is 1. The van der Waals surface area contributed by atoms with Crippen molar-refractivity contribution in [2.24, 2.45) is 0 Å². The molecule has 7 heteroatoms. The monoisotopic (exact) mass is 237 g/mol. The largest absolute Gasteiger partial charge is 0.479 e. The van der Waals surface area contributed by atoms with Crippen LogP contribution in [0.4, 0.5) is 5.69 Å². The minimum absolute atomic E-state index is 0.346. The van der Waals surface area contributed by atoms with Crippen LogP contribution in [0.1, 0.15) is 12.8 Å². The van der Waals surface area contributed by atoms with Gasteiger partial charge < -0.3 is 15.2 Å². The SMILES string of the molecule is O=C(Nc1cncnc1)[C@@H]1CC[C@H](C(=O)O)O1. The van der Waals surface area contributed by atoms with Crippen molar-refractivity contribution in [1.82, 2.24) is 9.97 Å². The maximum Gasteiger partial charge on any atom is 0.332 e. The molecule has 1 saturated heterocycles. The summed E-state index contributed by atoms with van der Waals surface area (Å²) in [5.74, 6) is -1.41. The lowest BCUT2D eigenvalue weighted by Crippen LogP contribution is -2.30. The van der Waals surface area contributed by atoms with Crippen molar-refractivity contribution in [3.05, 3.63) is 18.7 Å². The zero-order valence-corrected chi connectivity index (χ0v) is 8.87. The number of carbonyl (C=O) groups excluding carboxylic acids is 1. The molecule has 90 valence electrons. The number of nitrogens with zero attached hydrogens (tertiary/aromatic N) is 2. The molecule has 1 amide bonds. The number of aliphatic carboxylic acids is 1. The van der Waals surface area contributed by atoms with Gasteiger partial charge in [0.15, 0.2) is 6.10 Å². The molecule has 17 heavy (non-hydrogen) atoms. The molecule has 0 spiro atoms. The summed E-state index contributed by atoms with van der Waals surface area (Å²) in [7, 11) is 0. The second-order valence-corrected chi connectivity index (χ2v) is 3.65. The molecule has 2 rings (SSSR count). The number of carboxylic acids is 1. The standard InChI is InChI=1S/C10H11N3O4/c14-9(13-6-3-11-5-12-4-6)7-1-2-8(17-7)10(15)16/h3-5,7-8H,1-2H2,(H,13,14)(H,15,16)/t7-,8+/m0/s1. The first-order valence-electron chi connectivity index (χ1n) is 5.11. The summed E-state index contributed by atoms with van der Waals surface area (Å²) in [4.78, 5) is 29.8. The molecule has 0 unspecified atom stereocenters. The molecule has 0 aromatic carbocycles. The van der Waals surface area contributed by atoms with Gasteiger partial charge in [0.05, 0.1) is 18.1 Å². The molecule has 1 aromatic heterocycles. The Morgan fingerprint density at radius 3 is 2.53 bits per heavy atom. The Kier molecular flexibility index (Phi) is 3.29. The van der Waals surface area contributed by atoms with E-state index in [1.807, 2.05) is 0 Å². The van der Waals surface area contributed by atoms with Crippen LogP contribution in [0.5, 0.6) is 0 Å². The van der Waals surface area contributed by atoms with Gasteiger partial charge in [-0.15, -0.1) is 0 Å². The van der Waals surface area contributed by atoms with Gasteiger partial charge in [-0.1, -0.05) is 0 Å². The summed E-state index contributed by atoms with van der Waals surface area (Å²) in [6, 6.07) is 0. The first-order chi connectivity index (χ1) is 8.16. The molecule has 7 nitrogen and oxygen atoms in total. The van der Waals surface area contributed by atoms with Crippen molar-refractivity contribution in [3.8, 4) is 0 Å². The fourth-order valence-electron chi connectivity index (χ4n) is 1.60. The summed E-state index contributed by atoms with van der Waals surface area (Å²) in [6.45, 7) is 0. The summed E-state index contributed by atoms with van der Waals surface area (Å²) < 4.78 is 5.10. The normalized spacial score (nSPS) is 23.3. The molecule has 2 N–H and O–H groups in total. The van der Waals surface area contributed by atoms with Gasteiger partial charge in [-0.05, 0) is 12.8 Å². The van der Waals surface area contributed by atoms with Gasteiger partial charge in [0.25, 0.3) is 5.91 Å². The van der Waals surface area contributed by atoms with Crippen molar-refractivity contribution in [2.75, 3.05) is 5.32 Å². The molecule has 1 aliphatic rings. The Hall–Kier alpha value is -2.02. The minimum Gasteiger partial charge on any atom is -0.479 e. The third-order valence-electron chi connectivity index (χ3n) is 2.42. The van der Waals surface area contributed by atoms with Crippen LogP contribution in [0.3, 0.4) is 0 Å². The summed E-state index contributed by atoms with van der Waals surface area (Å²) in [6.07, 6.45) is 3.38. The van der Waals surface area contributed by atoms with Crippen LogP contribution < -0.4 is 5.32 Å². The van der Waals surface area contributed by atoms with E-state index < -0.39 is 18.2 Å². The predicted octanol–water partition coefficient (Wildman–Crippen LogP) is 0.0473. The van der Waals surface area contributed by atoms with Crippen LogP contribution in [-0.2, 0) is 14.3 Å². The number of aromatic nitrogens is 2. The van der Waals surface area contributed by atoms with Crippen molar-refractivity contribution < 1.29 is 19.4 Å². The third kappa shape index (κ3) is 2.76. The smallest absolute Gasteiger partial charge is 0.332 e. The predicted molar refractivity (Wildman–Crippen MR) is 56.2 cm³/mol. The van der Waals surface area contributed by atoms with Crippen LogP contribution in [0.25, 0.3) is 0 Å². The number of hydrogen-bond donors (Lipinski definition) is 2. The van der Waals surface area contributed by atoms with Crippen LogP contribution in [0.2, 0.25) is 0 Å². The molecule has 0 aliphatic carbocycles. The molecular weight excluding hydrogens is 226 g/mol. The van der Waals surface area contributed by atoms with E-state index in [1.54, 1.807) is 0 Å². The van der Waals surface area contributed by atoms with Gasteiger partial charge in [0.2, 0.25) is 0 Å². The van der Waals surface area contributed by atoms with Crippen LogP contribution in [0, 0.1) is 0 Å². The lowest BCUT2D eigenvalue weighted by molar-refractivity contribution is -0.150. The quantitative estimate of drug-likeness (QED) is 0.770. The second-order valence-electron chi connectivity index (χ2n) is 3.65. The zero-order valence-electron chi connectivity index (χ0n) is 8.87. The molecule has 0 bridgehead atoms. The molecule has 0 saturated carbocycles. The van der Waals surface area contributed by atoms with E-state index in [-0.39, 0.29) is 5.91 Å². The molecular formula is C10H11N3O4. The fourth-order valence-corrected chi connectivity index (χ4v) is 1.60. The molecule has 0 radical (unpaired) electrons. The Morgan fingerprint density at radius 1 is 1.29 bits per heavy atom. The number of anilines is 1. The highest BCUT2D eigenvalue weighted by molar-refractivity contribution is 5.94. The second kappa shape index (κ2) is 4.88. The number of carbonyl (C=O) groups is 2. The van der Waals surface area contributed by atoms with Gasteiger partial charge in [0, 0.05) is 0 Å². The van der Waals surface area contributed by atoms with E-state index in [1.165, 1.54) is 18.7 Å². The lowest BCUT2D eigenvalue weighted by atomic mass is 10.2. The molecule has 2 atom stereocenters. The van der Waals surface area contributed by atoms with E-state index >= 15 is 0 Å². The van der Waals surface area contributed by atoms with Crippen molar-refractivity contribution in [3.63, 3.8) is 0 Å². The van der Waals surface area contributed by atoms with Crippen molar-refractivity contribution >= 4 is 17.6 Å². The van der Waals surface area contributed by atoms with Crippen LogP contribution in [-0.4, -0.2) is 39.2 Å². The number of hydrogen-bond acceptors (Lipinski definition) is 5. The Morgan fingerprint density at radius 2 is 1.94 bits per heavy atom. The van der Waals surface area contributed by atoms with Crippen LogP contribution >= 0.6 is 0 Å². The number of ether oxygens (including phenoxy) is 1. The van der Waals surface area contributed by atoms with E-state index in [4.69, 9.17) is 9.84 Å². The highest BCUT2D eigenvalue weighted by Crippen LogP contribution is 2.21. The van der Waals surface area contributed by atoms with E-state index in [2.05, 4.69) is 15.3 Å². The number of nitrogens with one attached hydrogen (secondary N) is 1. The van der Waals surface area contributed by atoms with E-state index in [0.29, 0.717) is 18.5 Å². The lowest BCUT2D eigenvalue weighted by Gasteiger charge is -2.11. The van der Waals surface area contributed by atoms with Gasteiger partial charge in [-0.2, -0.15) is 0 Å². The molecule has 1 aromatic rings. The number of carboxylic acid groups (broad SMARTS) is 1. The Balaban J connectivity index is 1.92. The average Bonchev–Trinajstić information content (AvgIpc) is 2.79. The number of rotatable bonds is 3. The molecule has 2 heterocycles. The van der Waals surface area contributed by atoms with Crippen molar-refractivity contribution in [2.45, 2.75) is 25.0 Å². The fraction of sp³-hybridized carbons (Fsp3) is 0.400. The van der Waals surface area contributed by atoms with E-state index in [9.17, 15) is 9.59 Å². The van der Waals surface area contributed by atoms with Gasteiger partial charge >= 0.3 is 5.97 Å². The summed E-state index contributed by atoms with van der Waals surface area (Å²) in [5.41, 5.74) is 0.458. The van der Waals surface area contributed by atoms with Gasteiger partial charge in [-0.3, -0.25) is 4.79 Å². The first-order valence-corrected chi connectivity index (χ1v) is 5.11. The third-order valence-corrected chi connectivity index (χ3v) is 2.42. The average molecular weight is 237 g/mol. The van der Waals surface area contributed by atoms with Gasteiger partial charge in [-0.25, -0.2) is 14.8 Å². The minimum atomic E-state index is -1.04. The zero-order chi connectivity index (χ0) is 12.3. The maximum atomic E-state index is 11.7. The molecule has 1 aliphatic heterocycles. The Bertz CT molecular complexity index is 423. The first kappa shape index (κ1) is 11.5. The van der Waals surface area contributed by atoms with E-state index in [0.717, 1.165) is 0 Å². The highest BCUT2D eigenvalue weighted by Gasteiger charge is 2.34. The molecule has 1 fully saturated rings. The highest BCUT2D eigenvalue weighted by atomic mass is 16.5. The van der Waals surface area contributed by atoms with Crippen molar-refractivity contribution in [1.29, 1.82) is 0 Å². The maximum absolute atomic E-state index is 11.7. The Labute approximate surface area is 96.8 Å².